The standard InChI is InChI=1S/C14H18F3NO2.C2H6/c1-11-2-3-12(10-13(11)14(15,16)17)20-9-6-18-4-7-19-8-5-18;1-2/h2-3,10H,4-9H2,1H3;1-2H3. The minimum absolute atomic E-state index is 0.207. The van der Waals surface area contributed by atoms with E-state index < -0.39 is 11.7 Å². The lowest BCUT2D eigenvalue weighted by Gasteiger charge is -2.26. The molecule has 0 aliphatic carbocycles. The number of halogens is 3. The van der Waals surface area contributed by atoms with Crippen LogP contribution in [0.4, 0.5) is 13.2 Å². The lowest BCUT2D eigenvalue weighted by Crippen LogP contribution is -2.38. The molecule has 0 radical (unpaired) electrons. The van der Waals surface area contributed by atoms with Crippen LogP contribution in [-0.2, 0) is 10.9 Å². The Morgan fingerprint density at radius 2 is 1.82 bits per heavy atom. The van der Waals surface area contributed by atoms with Crippen LogP contribution in [-0.4, -0.2) is 44.4 Å². The Hall–Kier alpha value is -1.27. The van der Waals surface area contributed by atoms with Crippen molar-refractivity contribution in [3.05, 3.63) is 29.3 Å². The van der Waals surface area contributed by atoms with Crippen LogP contribution >= 0.6 is 0 Å². The molecule has 1 aromatic rings. The minimum Gasteiger partial charge on any atom is -0.492 e. The molecule has 0 atom stereocenters. The fraction of sp³-hybridized carbons (Fsp3) is 0.625. The van der Waals surface area contributed by atoms with E-state index in [1.54, 1.807) is 6.07 Å². The predicted molar refractivity (Wildman–Crippen MR) is 80.3 cm³/mol. The number of benzene rings is 1. The summed E-state index contributed by atoms with van der Waals surface area (Å²) in [5.41, 5.74) is -0.431. The van der Waals surface area contributed by atoms with Crippen molar-refractivity contribution in [1.82, 2.24) is 4.90 Å². The molecule has 0 unspecified atom stereocenters. The van der Waals surface area contributed by atoms with E-state index in [0.717, 1.165) is 19.2 Å². The van der Waals surface area contributed by atoms with Gasteiger partial charge >= 0.3 is 6.18 Å². The molecule has 1 heterocycles. The third kappa shape index (κ3) is 5.85. The highest BCUT2D eigenvalue weighted by Gasteiger charge is 2.32. The first-order valence-electron chi connectivity index (χ1n) is 7.57. The van der Waals surface area contributed by atoms with E-state index in [1.807, 2.05) is 13.8 Å². The number of rotatable bonds is 4. The third-order valence-corrected chi connectivity index (χ3v) is 3.29. The fourth-order valence-corrected chi connectivity index (χ4v) is 2.11. The van der Waals surface area contributed by atoms with Gasteiger partial charge in [-0.2, -0.15) is 13.2 Å². The van der Waals surface area contributed by atoms with Gasteiger partial charge in [-0.15, -0.1) is 0 Å². The van der Waals surface area contributed by atoms with Gasteiger partial charge in [0.1, 0.15) is 12.4 Å². The van der Waals surface area contributed by atoms with Crippen molar-refractivity contribution in [3.63, 3.8) is 0 Å². The Kier molecular flexibility index (Phi) is 7.68. The van der Waals surface area contributed by atoms with Gasteiger partial charge in [0.25, 0.3) is 0 Å². The zero-order valence-electron chi connectivity index (χ0n) is 13.4. The van der Waals surface area contributed by atoms with E-state index in [0.29, 0.717) is 26.4 Å². The molecule has 0 N–H and O–H groups in total. The zero-order valence-corrected chi connectivity index (χ0v) is 13.4. The van der Waals surface area contributed by atoms with Crippen molar-refractivity contribution < 1.29 is 22.6 Å². The SMILES string of the molecule is CC.Cc1ccc(OCCN2CCOCC2)cc1C(F)(F)F. The molecular formula is C16H24F3NO2. The van der Waals surface area contributed by atoms with Crippen LogP contribution in [0, 0.1) is 6.92 Å². The maximum atomic E-state index is 12.8. The number of alkyl halides is 3. The molecule has 0 bridgehead atoms. The molecule has 126 valence electrons. The lowest BCUT2D eigenvalue weighted by atomic mass is 10.1. The molecule has 0 aromatic heterocycles. The smallest absolute Gasteiger partial charge is 0.416 e. The Morgan fingerprint density at radius 1 is 1.18 bits per heavy atom. The highest BCUT2D eigenvalue weighted by atomic mass is 19.4. The molecular weight excluding hydrogens is 295 g/mol. The second-order valence-electron chi connectivity index (χ2n) is 4.78. The molecule has 0 spiro atoms. The van der Waals surface area contributed by atoms with Gasteiger partial charge < -0.3 is 9.47 Å². The van der Waals surface area contributed by atoms with E-state index in [-0.39, 0.29) is 11.3 Å². The van der Waals surface area contributed by atoms with E-state index in [2.05, 4.69) is 4.90 Å². The monoisotopic (exact) mass is 319 g/mol. The molecule has 1 aliphatic rings. The summed E-state index contributed by atoms with van der Waals surface area (Å²) in [6, 6.07) is 4.07. The summed E-state index contributed by atoms with van der Waals surface area (Å²) >= 11 is 0. The number of aryl methyl sites for hydroxylation is 1. The maximum Gasteiger partial charge on any atom is 0.416 e. The normalized spacial score (nSPS) is 15.9. The Balaban J connectivity index is 0.00000116. The first-order chi connectivity index (χ1) is 10.5. The van der Waals surface area contributed by atoms with Crippen molar-refractivity contribution in [1.29, 1.82) is 0 Å². The number of ether oxygens (including phenoxy) is 2. The van der Waals surface area contributed by atoms with Gasteiger partial charge in [-0.25, -0.2) is 0 Å². The fourth-order valence-electron chi connectivity index (χ4n) is 2.11. The van der Waals surface area contributed by atoms with Crippen molar-refractivity contribution in [2.75, 3.05) is 39.5 Å². The van der Waals surface area contributed by atoms with Gasteiger partial charge in [0.2, 0.25) is 0 Å². The van der Waals surface area contributed by atoms with Crippen LogP contribution in [0.1, 0.15) is 25.0 Å². The predicted octanol–water partition coefficient (Wildman–Crippen LogP) is 3.75. The quantitative estimate of drug-likeness (QED) is 0.843. The van der Waals surface area contributed by atoms with Crippen molar-refractivity contribution in [2.45, 2.75) is 26.9 Å². The van der Waals surface area contributed by atoms with Gasteiger partial charge in [0, 0.05) is 19.6 Å². The summed E-state index contributed by atoms with van der Waals surface area (Å²) in [5.74, 6) is 0.260. The van der Waals surface area contributed by atoms with Gasteiger partial charge in [-0.05, 0) is 24.6 Å². The maximum absolute atomic E-state index is 12.8. The number of morpholine rings is 1. The van der Waals surface area contributed by atoms with Gasteiger partial charge in [0.15, 0.2) is 0 Å². The summed E-state index contributed by atoms with van der Waals surface area (Å²) in [4.78, 5) is 2.17. The summed E-state index contributed by atoms with van der Waals surface area (Å²) in [7, 11) is 0. The summed E-state index contributed by atoms with van der Waals surface area (Å²) in [5, 5.41) is 0. The average molecular weight is 319 g/mol. The molecule has 0 amide bonds. The molecule has 0 saturated carbocycles. The molecule has 6 heteroatoms. The van der Waals surface area contributed by atoms with Crippen LogP contribution in [0.25, 0.3) is 0 Å². The molecule has 1 aromatic carbocycles. The lowest BCUT2D eigenvalue weighted by molar-refractivity contribution is -0.138. The number of hydrogen-bond donors (Lipinski definition) is 0. The first-order valence-corrected chi connectivity index (χ1v) is 7.57. The number of nitrogens with zero attached hydrogens (tertiary/aromatic N) is 1. The largest absolute Gasteiger partial charge is 0.492 e. The van der Waals surface area contributed by atoms with Crippen LogP contribution < -0.4 is 4.74 Å². The van der Waals surface area contributed by atoms with Crippen molar-refractivity contribution >= 4 is 0 Å². The third-order valence-electron chi connectivity index (χ3n) is 3.29. The highest BCUT2D eigenvalue weighted by molar-refractivity contribution is 5.36. The second-order valence-corrected chi connectivity index (χ2v) is 4.78. The van der Waals surface area contributed by atoms with E-state index in [1.165, 1.54) is 13.0 Å². The van der Waals surface area contributed by atoms with Gasteiger partial charge in [0.05, 0.1) is 18.8 Å². The van der Waals surface area contributed by atoms with Crippen molar-refractivity contribution in [2.24, 2.45) is 0 Å². The van der Waals surface area contributed by atoms with E-state index in [4.69, 9.17) is 9.47 Å². The van der Waals surface area contributed by atoms with Crippen LogP contribution in [0.5, 0.6) is 5.75 Å². The minimum atomic E-state index is -4.34. The first kappa shape index (κ1) is 18.8. The summed E-state index contributed by atoms with van der Waals surface area (Å²) < 4.78 is 48.9. The molecule has 3 nitrogen and oxygen atoms in total. The molecule has 1 aliphatic heterocycles. The molecule has 2 rings (SSSR count). The van der Waals surface area contributed by atoms with Crippen molar-refractivity contribution in [3.8, 4) is 5.75 Å². The van der Waals surface area contributed by atoms with Crippen LogP contribution in [0.2, 0.25) is 0 Å². The van der Waals surface area contributed by atoms with E-state index >= 15 is 0 Å². The van der Waals surface area contributed by atoms with Gasteiger partial charge in [-0.3, -0.25) is 4.90 Å². The Bertz CT molecular complexity index is 444. The molecule has 22 heavy (non-hydrogen) atoms. The second kappa shape index (κ2) is 9.00. The van der Waals surface area contributed by atoms with Gasteiger partial charge in [-0.1, -0.05) is 19.9 Å². The summed E-state index contributed by atoms with van der Waals surface area (Å²) in [6.45, 7) is 9.58. The number of hydrogen-bond acceptors (Lipinski definition) is 3. The Morgan fingerprint density at radius 3 is 2.41 bits per heavy atom. The highest BCUT2D eigenvalue weighted by Crippen LogP contribution is 2.33. The van der Waals surface area contributed by atoms with Crippen LogP contribution in [0.3, 0.4) is 0 Å². The topological polar surface area (TPSA) is 21.7 Å². The molecule has 1 saturated heterocycles. The zero-order chi connectivity index (χ0) is 16.6. The summed E-state index contributed by atoms with van der Waals surface area (Å²) in [6.07, 6.45) is -4.34. The average Bonchev–Trinajstić information content (AvgIpc) is 2.51. The van der Waals surface area contributed by atoms with E-state index in [9.17, 15) is 13.2 Å². The van der Waals surface area contributed by atoms with Crippen LogP contribution in [0.15, 0.2) is 18.2 Å². The molecule has 1 fully saturated rings. The Labute approximate surface area is 130 Å².